The fourth-order valence-corrected chi connectivity index (χ4v) is 5.63. The summed E-state index contributed by atoms with van der Waals surface area (Å²) in [6, 6.07) is 8.51. The lowest BCUT2D eigenvalue weighted by Crippen LogP contribution is -2.28. The Bertz CT molecular complexity index is 1310. The van der Waals surface area contributed by atoms with Gasteiger partial charge >= 0.3 is 0 Å². The summed E-state index contributed by atoms with van der Waals surface area (Å²) in [4.78, 5) is 4.05. The number of rotatable bonds is 6. The highest BCUT2D eigenvalue weighted by Crippen LogP contribution is 2.35. The zero-order chi connectivity index (χ0) is 22.9. The number of aromatic hydroxyl groups is 3. The van der Waals surface area contributed by atoms with Crippen LogP contribution in [0.3, 0.4) is 0 Å². The molecule has 1 atom stereocenters. The number of aromatic amines is 1. The molecule has 2 aromatic carbocycles. The first kappa shape index (κ1) is 22.1. The summed E-state index contributed by atoms with van der Waals surface area (Å²) >= 11 is -1.81. The van der Waals surface area contributed by atoms with E-state index in [9.17, 15) is 28.3 Å². The predicted octanol–water partition coefficient (Wildman–Crippen LogP) is 1.88. The van der Waals surface area contributed by atoms with Gasteiger partial charge in [0.05, 0.1) is 12.2 Å². The van der Waals surface area contributed by atoms with E-state index in [0.29, 0.717) is 18.7 Å². The van der Waals surface area contributed by atoms with Gasteiger partial charge in [0.1, 0.15) is 4.90 Å². The van der Waals surface area contributed by atoms with Gasteiger partial charge in [0.2, 0.25) is 21.3 Å². The van der Waals surface area contributed by atoms with Crippen LogP contribution in [0.5, 0.6) is 17.2 Å². The molecule has 0 aliphatic carbocycles. The average Bonchev–Trinajstić information content (AvgIpc) is 3.41. The van der Waals surface area contributed by atoms with E-state index in [2.05, 4.69) is 19.1 Å². The van der Waals surface area contributed by atoms with Crippen LogP contribution in [0.2, 0.25) is 0 Å². The lowest BCUT2D eigenvalue weighted by molar-refractivity contribution is 0.403. The third-order valence-corrected chi connectivity index (χ3v) is 7.62. The van der Waals surface area contributed by atoms with Crippen molar-refractivity contribution in [3.8, 4) is 17.2 Å². The summed E-state index contributed by atoms with van der Waals surface area (Å²) in [5.41, 5.74) is 0.774. The van der Waals surface area contributed by atoms with Crippen molar-refractivity contribution in [1.82, 2.24) is 13.1 Å². The molecule has 1 fully saturated rings. The predicted molar refractivity (Wildman–Crippen MR) is 116 cm³/mol. The van der Waals surface area contributed by atoms with E-state index in [1.54, 1.807) is 6.07 Å². The Morgan fingerprint density at radius 3 is 2.62 bits per heavy atom. The highest BCUT2D eigenvalue weighted by molar-refractivity contribution is 7.89. The molecule has 5 N–H and O–H groups in total. The molecule has 1 saturated heterocycles. The highest BCUT2D eigenvalue weighted by atomic mass is 32.2. The zero-order valence-corrected chi connectivity index (χ0v) is 18.4. The van der Waals surface area contributed by atoms with Gasteiger partial charge in [0, 0.05) is 17.5 Å². The number of nitrogens with one attached hydrogen (secondary N) is 2. The van der Waals surface area contributed by atoms with Gasteiger partial charge in [-0.2, -0.15) is 4.31 Å². The number of H-pyrrole nitrogens is 1. The molecular formula is C19H21N5O6S2. The van der Waals surface area contributed by atoms with Gasteiger partial charge < -0.3 is 25.2 Å². The first-order valence-corrected chi connectivity index (χ1v) is 12.2. The van der Waals surface area contributed by atoms with Gasteiger partial charge in [-0.3, -0.25) is 4.99 Å². The largest absolute Gasteiger partial charge is 0.548 e. The minimum absolute atomic E-state index is 0.0531. The first-order chi connectivity index (χ1) is 15.3. The second kappa shape index (κ2) is 8.78. The maximum atomic E-state index is 12.9. The number of anilines is 2. The molecule has 1 aromatic heterocycles. The van der Waals surface area contributed by atoms with Crippen molar-refractivity contribution in [2.75, 3.05) is 18.4 Å². The monoisotopic (exact) mass is 479 g/mol. The van der Waals surface area contributed by atoms with Crippen molar-refractivity contribution in [1.29, 1.82) is 0 Å². The summed E-state index contributed by atoms with van der Waals surface area (Å²) < 4.78 is 45.4. The fourth-order valence-electron chi connectivity index (χ4n) is 3.33. The van der Waals surface area contributed by atoms with Crippen LogP contribution in [0.25, 0.3) is 0 Å². The van der Waals surface area contributed by atoms with Crippen LogP contribution in [0.4, 0.5) is 11.5 Å². The zero-order valence-electron chi connectivity index (χ0n) is 16.7. The van der Waals surface area contributed by atoms with Crippen LogP contribution in [0.15, 0.2) is 46.3 Å². The van der Waals surface area contributed by atoms with Crippen LogP contribution >= 0.6 is 11.1 Å². The lowest BCUT2D eigenvalue weighted by Gasteiger charge is -2.17. The van der Waals surface area contributed by atoms with E-state index in [-0.39, 0.29) is 39.9 Å². The molecule has 170 valence electrons. The van der Waals surface area contributed by atoms with Crippen LogP contribution in [0.1, 0.15) is 18.4 Å². The Morgan fingerprint density at radius 1 is 1.16 bits per heavy atom. The van der Waals surface area contributed by atoms with E-state index < -0.39 is 26.9 Å². The third-order valence-electron chi connectivity index (χ3n) is 4.98. The molecule has 2 heterocycles. The van der Waals surface area contributed by atoms with Crippen LogP contribution in [-0.4, -0.2) is 54.4 Å². The normalized spacial score (nSPS) is 15.9. The summed E-state index contributed by atoms with van der Waals surface area (Å²) in [6.07, 6.45) is 1.54. The van der Waals surface area contributed by atoms with Crippen molar-refractivity contribution in [2.45, 2.75) is 24.3 Å². The van der Waals surface area contributed by atoms with Crippen molar-refractivity contribution in [2.24, 2.45) is 4.99 Å². The molecule has 0 amide bonds. The van der Waals surface area contributed by atoms with E-state index in [0.717, 1.165) is 12.8 Å². The molecule has 1 aliphatic rings. The summed E-state index contributed by atoms with van der Waals surface area (Å²) in [7, 11) is -3.85. The summed E-state index contributed by atoms with van der Waals surface area (Å²) in [6.45, 7) is 0.876. The number of aromatic nitrogens is 2. The van der Waals surface area contributed by atoms with Crippen LogP contribution < -0.4 is 10.8 Å². The maximum absolute atomic E-state index is 12.9. The molecule has 0 radical (unpaired) electrons. The van der Waals surface area contributed by atoms with Crippen LogP contribution in [-0.2, 0) is 16.6 Å². The minimum Gasteiger partial charge on any atom is -0.548 e. The van der Waals surface area contributed by atoms with Crippen molar-refractivity contribution in [3.63, 3.8) is 0 Å². The number of sulfonamides is 1. The lowest BCUT2D eigenvalue weighted by atomic mass is 10.2. The molecule has 0 spiro atoms. The molecular weight excluding hydrogens is 458 g/mol. The molecule has 4 rings (SSSR count). The SMILES string of the molecule is O=S(=O)(c1cccc(Nc2n[s+]([O-])[nH]c2=NCc2ccc(O)c(O)c2)c1O)N1CCCC1. The molecule has 13 heteroatoms. The van der Waals surface area contributed by atoms with E-state index >= 15 is 0 Å². The fraction of sp³-hybridized carbons (Fsp3) is 0.263. The van der Waals surface area contributed by atoms with E-state index in [1.165, 1.54) is 34.6 Å². The summed E-state index contributed by atoms with van der Waals surface area (Å²) in [5.74, 6) is -0.969. The Balaban J connectivity index is 1.63. The second-order valence-corrected chi connectivity index (χ2v) is 9.96. The van der Waals surface area contributed by atoms with Gasteiger partial charge in [-0.25, -0.2) is 8.42 Å². The number of hydrogen-bond donors (Lipinski definition) is 5. The molecule has 1 unspecified atom stereocenters. The number of para-hydroxylation sites is 1. The number of benzene rings is 2. The van der Waals surface area contributed by atoms with Gasteiger partial charge in [-0.1, -0.05) is 12.1 Å². The van der Waals surface area contributed by atoms with Gasteiger partial charge in [-0.15, -0.1) is 4.37 Å². The van der Waals surface area contributed by atoms with Crippen molar-refractivity contribution < 1.29 is 28.3 Å². The second-order valence-electron chi connectivity index (χ2n) is 7.17. The Kier molecular flexibility index (Phi) is 6.06. The number of hydrogen-bond acceptors (Lipinski definition) is 9. The maximum Gasteiger partial charge on any atom is 0.246 e. The van der Waals surface area contributed by atoms with E-state index in [4.69, 9.17) is 0 Å². The third kappa shape index (κ3) is 4.41. The number of phenols is 3. The van der Waals surface area contributed by atoms with Crippen molar-refractivity contribution >= 4 is 32.7 Å². The summed E-state index contributed by atoms with van der Waals surface area (Å²) in [5, 5.41) is 32.4. The van der Waals surface area contributed by atoms with Crippen molar-refractivity contribution in [3.05, 3.63) is 47.4 Å². The molecule has 32 heavy (non-hydrogen) atoms. The molecule has 0 bridgehead atoms. The minimum atomic E-state index is -3.85. The highest BCUT2D eigenvalue weighted by Gasteiger charge is 2.30. The molecule has 11 nitrogen and oxygen atoms in total. The van der Waals surface area contributed by atoms with E-state index in [1.807, 2.05) is 0 Å². The Hall–Kier alpha value is -3.13. The smallest absolute Gasteiger partial charge is 0.246 e. The van der Waals surface area contributed by atoms with Gasteiger partial charge in [0.25, 0.3) is 0 Å². The Labute approximate surface area is 186 Å². The number of phenolic OH excluding ortho intramolecular Hbond substituents is 3. The Morgan fingerprint density at radius 2 is 1.91 bits per heavy atom. The van der Waals surface area contributed by atoms with Gasteiger partial charge in [0.15, 0.2) is 28.4 Å². The average molecular weight is 480 g/mol. The molecule has 3 aromatic rings. The van der Waals surface area contributed by atoms with Crippen LogP contribution in [0, 0.1) is 0 Å². The van der Waals surface area contributed by atoms with Gasteiger partial charge in [-0.05, 0) is 42.7 Å². The topological polar surface area (TPSA) is 174 Å². The molecule has 0 saturated carbocycles. The molecule has 1 aliphatic heterocycles. The quantitative estimate of drug-likeness (QED) is 0.263. The standard InChI is InChI=1S/C19H21N5O6S2/c25-14-7-6-12(10-15(14)26)11-20-18-19(23-31(28)22-18)21-13-4-3-5-16(17(13)27)32(29,30)24-8-1-2-9-24/h3-7,10,25-27H,1-2,8-9,11H2,(H,20,22)(H,21,23). The number of nitrogens with zero attached hydrogens (tertiary/aromatic N) is 3. The first-order valence-electron chi connectivity index (χ1n) is 9.68.